The molecule has 7 nitrogen and oxygen atoms in total. The fourth-order valence-electron chi connectivity index (χ4n) is 3.26. The first-order valence-corrected chi connectivity index (χ1v) is 9.68. The van der Waals surface area contributed by atoms with Gasteiger partial charge in [-0.05, 0) is 25.5 Å². The summed E-state index contributed by atoms with van der Waals surface area (Å²) in [5, 5.41) is 3.89. The van der Waals surface area contributed by atoms with Crippen molar-refractivity contribution in [2.75, 3.05) is 13.7 Å². The number of hydrogen-bond acceptors (Lipinski definition) is 6. The van der Waals surface area contributed by atoms with Crippen molar-refractivity contribution >= 4 is 38.6 Å². The van der Waals surface area contributed by atoms with E-state index in [1.807, 2.05) is 43.7 Å². The molecule has 4 rings (SSSR count). The number of aromatic nitrogens is 4. The van der Waals surface area contributed by atoms with Gasteiger partial charge in [0.05, 0.1) is 23.6 Å². The summed E-state index contributed by atoms with van der Waals surface area (Å²) < 4.78 is 6.88. The Balaban J connectivity index is 1.74. The van der Waals surface area contributed by atoms with Crippen LogP contribution in [0.3, 0.4) is 0 Å². The summed E-state index contributed by atoms with van der Waals surface area (Å²) in [6.07, 6.45) is 3.56. The molecule has 4 aromatic rings. The molecule has 28 heavy (non-hydrogen) atoms. The first-order valence-electron chi connectivity index (χ1n) is 8.86. The molecule has 1 aromatic carbocycles. The smallest absolute Gasteiger partial charge is 0.246 e. The van der Waals surface area contributed by atoms with Crippen LogP contribution < -0.4 is 5.32 Å². The molecule has 0 bridgehead atoms. The van der Waals surface area contributed by atoms with E-state index in [1.54, 1.807) is 23.9 Å². The van der Waals surface area contributed by atoms with Gasteiger partial charge in [0.2, 0.25) is 5.91 Å². The van der Waals surface area contributed by atoms with Crippen molar-refractivity contribution in [3.05, 3.63) is 42.4 Å². The van der Waals surface area contributed by atoms with E-state index in [0.29, 0.717) is 0 Å². The fraction of sp³-hybridized carbons (Fsp3) is 0.300. The number of nitrogens with one attached hydrogen (secondary N) is 1. The number of aryl methyl sites for hydroxylation is 1. The maximum Gasteiger partial charge on any atom is 0.246 e. The third kappa shape index (κ3) is 3.25. The average molecular weight is 395 g/mol. The molecular weight excluding hydrogens is 374 g/mol. The predicted molar refractivity (Wildman–Crippen MR) is 110 cm³/mol. The molecule has 0 aliphatic rings. The molecular formula is C20H21N5O2S. The molecule has 0 fully saturated rings. The predicted octanol–water partition coefficient (Wildman–Crippen LogP) is 3.24. The molecule has 8 heteroatoms. The van der Waals surface area contributed by atoms with E-state index < -0.39 is 5.54 Å². The monoisotopic (exact) mass is 395 g/mol. The minimum absolute atomic E-state index is 0.0351. The Bertz CT molecular complexity index is 1180. The number of amides is 1. The highest BCUT2D eigenvalue weighted by atomic mass is 32.1. The van der Waals surface area contributed by atoms with Crippen molar-refractivity contribution in [3.8, 4) is 10.6 Å². The number of benzene rings is 1. The van der Waals surface area contributed by atoms with Gasteiger partial charge in [-0.2, -0.15) is 0 Å². The third-order valence-corrected chi connectivity index (χ3v) is 5.67. The maximum atomic E-state index is 12.0. The molecule has 1 amide bonds. The number of carbonyl (C=O) groups excluding carboxylic acids is 1. The number of ether oxygens (including phenoxy) is 1. The zero-order chi connectivity index (χ0) is 19.9. The zero-order valence-corrected chi connectivity index (χ0v) is 17.0. The van der Waals surface area contributed by atoms with Crippen molar-refractivity contribution in [3.63, 3.8) is 0 Å². The lowest BCUT2D eigenvalue weighted by Crippen LogP contribution is -2.42. The number of pyridine rings is 1. The number of nitrogens with zero attached hydrogens (tertiary/aromatic N) is 4. The maximum absolute atomic E-state index is 12.0. The van der Waals surface area contributed by atoms with E-state index in [-0.39, 0.29) is 12.5 Å². The van der Waals surface area contributed by atoms with Gasteiger partial charge >= 0.3 is 0 Å². The number of thiazole rings is 1. The fourth-order valence-corrected chi connectivity index (χ4v) is 4.17. The normalized spacial score (nSPS) is 12.0. The molecule has 3 heterocycles. The lowest BCUT2D eigenvalue weighted by atomic mass is 9.93. The second-order valence-corrected chi connectivity index (χ2v) is 8.18. The van der Waals surface area contributed by atoms with E-state index in [9.17, 15) is 4.79 Å². The van der Waals surface area contributed by atoms with E-state index in [0.717, 1.165) is 37.5 Å². The van der Waals surface area contributed by atoms with E-state index >= 15 is 0 Å². The van der Waals surface area contributed by atoms with Crippen LogP contribution >= 0.6 is 11.3 Å². The minimum Gasteiger partial charge on any atom is -0.375 e. The highest BCUT2D eigenvalue weighted by molar-refractivity contribution is 7.21. The van der Waals surface area contributed by atoms with Gasteiger partial charge in [0.15, 0.2) is 0 Å². The van der Waals surface area contributed by atoms with Crippen LogP contribution in [0, 0.1) is 0 Å². The molecule has 144 valence electrons. The Morgan fingerprint density at radius 2 is 2.14 bits per heavy atom. The Kier molecular flexibility index (Phi) is 4.60. The van der Waals surface area contributed by atoms with Crippen LogP contribution in [-0.2, 0) is 22.1 Å². The molecule has 3 aromatic heterocycles. The molecule has 0 saturated carbocycles. The van der Waals surface area contributed by atoms with Crippen LogP contribution in [0.25, 0.3) is 32.0 Å². The Hall–Kier alpha value is -2.84. The van der Waals surface area contributed by atoms with Crippen molar-refractivity contribution in [1.29, 1.82) is 0 Å². The van der Waals surface area contributed by atoms with E-state index in [4.69, 9.17) is 9.72 Å². The summed E-state index contributed by atoms with van der Waals surface area (Å²) in [5.41, 5.74) is 4.13. The molecule has 0 atom stereocenters. The third-order valence-electron chi connectivity index (χ3n) is 4.66. The second-order valence-electron chi connectivity index (χ2n) is 7.21. The topological polar surface area (TPSA) is 81.9 Å². The average Bonchev–Trinajstić information content (AvgIpc) is 3.25. The SMILES string of the molecule is COCC(=O)NC(C)(C)c1cccc(-c2nc3c(ncc4ncn(C)c43)s2)c1. The molecule has 0 saturated heterocycles. The highest BCUT2D eigenvalue weighted by Crippen LogP contribution is 2.34. The van der Waals surface area contributed by atoms with Gasteiger partial charge in [-0.25, -0.2) is 15.0 Å². The highest BCUT2D eigenvalue weighted by Gasteiger charge is 2.23. The molecule has 0 spiro atoms. The quantitative estimate of drug-likeness (QED) is 0.561. The van der Waals surface area contributed by atoms with Gasteiger partial charge in [0, 0.05) is 19.7 Å². The van der Waals surface area contributed by atoms with Crippen LogP contribution in [0.1, 0.15) is 19.4 Å². The van der Waals surface area contributed by atoms with Gasteiger partial charge in [-0.1, -0.05) is 29.5 Å². The largest absolute Gasteiger partial charge is 0.375 e. The van der Waals surface area contributed by atoms with E-state index in [1.165, 1.54) is 7.11 Å². The Morgan fingerprint density at radius 3 is 2.93 bits per heavy atom. The number of fused-ring (bicyclic) bond motifs is 3. The number of methoxy groups -OCH3 is 1. The van der Waals surface area contributed by atoms with Crippen molar-refractivity contribution in [1.82, 2.24) is 24.8 Å². The number of carbonyl (C=O) groups is 1. The lowest BCUT2D eigenvalue weighted by molar-refractivity contribution is -0.126. The van der Waals surface area contributed by atoms with Crippen LogP contribution in [-0.4, -0.2) is 39.1 Å². The standard InChI is InChI=1S/C20H21N5O2S/c1-20(2,24-15(26)10-27-4)13-7-5-6-12(8-13)18-23-16-17-14(22-11-25(17)3)9-21-19(16)28-18/h5-9,11H,10H2,1-4H3,(H,24,26). The van der Waals surface area contributed by atoms with Gasteiger partial charge in [-0.3, -0.25) is 4.79 Å². The summed E-state index contributed by atoms with van der Waals surface area (Å²) in [5.74, 6) is -0.152. The lowest BCUT2D eigenvalue weighted by Gasteiger charge is -2.27. The minimum atomic E-state index is -0.532. The summed E-state index contributed by atoms with van der Waals surface area (Å²) in [6.45, 7) is 3.98. The van der Waals surface area contributed by atoms with Gasteiger partial charge < -0.3 is 14.6 Å². The van der Waals surface area contributed by atoms with Crippen molar-refractivity contribution < 1.29 is 9.53 Å². The summed E-state index contributed by atoms with van der Waals surface area (Å²) in [4.78, 5) is 26.6. The van der Waals surface area contributed by atoms with Gasteiger partial charge in [0.1, 0.15) is 27.5 Å². The van der Waals surface area contributed by atoms with Crippen molar-refractivity contribution in [2.24, 2.45) is 7.05 Å². The van der Waals surface area contributed by atoms with Gasteiger partial charge in [-0.15, -0.1) is 0 Å². The Morgan fingerprint density at radius 1 is 1.32 bits per heavy atom. The number of rotatable bonds is 5. The van der Waals surface area contributed by atoms with Crippen LogP contribution in [0.15, 0.2) is 36.8 Å². The number of imidazole rings is 1. The summed E-state index contributed by atoms with van der Waals surface area (Å²) in [6, 6.07) is 8.06. The zero-order valence-electron chi connectivity index (χ0n) is 16.2. The molecule has 0 aliphatic carbocycles. The van der Waals surface area contributed by atoms with Crippen LogP contribution in [0.4, 0.5) is 0 Å². The first-order chi connectivity index (χ1) is 13.4. The molecule has 1 N–H and O–H groups in total. The molecule has 0 aliphatic heterocycles. The number of hydrogen-bond donors (Lipinski definition) is 1. The van der Waals surface area contributed by atoms with Crippen molar-refractivity contribution in [2.45, 2.75) is 19.4 Å². The summed E-state index contributed by atoms with van der Waals surface area (Å²) in [7, 11) is 3.47. The van der Waals surface area contributed by atoms with Crippen LogP contribution in [0.5, 0.6) is 0 Å². The first kappa shape index (κ1) is 18.5. The van der Waals surface area contributed by atoms with E-state index in [2.05, 4.69) is 21.4 Å². The summed E-state index contributed by atoms with van der Waals surface area (Å²) >= 11 is 1.55. The van der Waals surface area contributed by atoms with Crippen LogP contribution in [0.2, 0.25) is 0 Å². The van der Waals surface area contributed by atoms with Gasteiger partial charge in [0.25, 0.3) is 0 Å². The Labute approximate surface area is 166 Å². The second kappa shape index (κ2) is 6.96. The molecule has 0 radical (unpaired) electrons. The molecule has 0 unspecified atom stereocenters.